The Morgan fingerprint density at radius 2 is 2.20 bits per heavy atom. The maximum atomic E-state index is 12.2. The summed E-state index contributed by atoms with van der Waals surface area (Å²) in [6.07, 6.45) is 1.43. The van der Waals surface area contributed by atoms with Gasteiger partial charge in [0.1, 0.15) is 11.5 Å². The van der Waals surface area contributed by atoms with Gasteiger partial charge in [-0.15, -0.1) is 0 Å². The Morgan fingerprint density at radius 3 is 2.96 bits per heavy atom. The minimum atomic E-state index is -0.467. The second-order valence-electron chi connectivity index (χ2n) is 5.66. The number of amides is 1. The Morgan fingerprint density at radius 1 is 1.40 bits per heavy atom. The summed E-state index contributed by atoms with van der Waals surface area (Å²) in [5, 5.41) is 13.7. The molecule has 0 spiro atoms. The molecule has 0 saturated carbocycles. The van der Waals surface area contributed by atoms with Crippen LogP contribution in [0.25, 0.3) is 11.4 Å². The van der Waals surface area contributed by atoms with Crippen molar-refractivity contribution in [2.75, 3.05) is 39.4 Å². The number of benzene rings is 1. The molecule has 3 rings (SSSR count). The molecule has 9 nitrogen and oxygen atoms in total. The van der Waals surface area contributed by atoms with Crippen molar-refractivity contribution >= 4 is 11.6 Å². The first-order chi connectivity index (χ1) is 12.1. The van der Waals surface area contributed by atoms with Crippen molar-refractivity contribution in [2.24, 2.45) is 0 Å². The van der Waals surface area contributed by atoms with Gasteiger partial charge in [-0.1, -0.05) is 12.1 Å². The molecule has 0 radical (unpaired) electrons. The van der Waals surface area contributed by atoms with Crippen molar-refractivity contribution in [3.8, 4) is 11.4 Å². The number of H-pyrrole nitrogens is 1. The average Bonchev–Trinajstić information content (AvgIpc) is 3.13. The van der Waals surface area contributed by atoms with Gasteiger partial charge in [0.15, 0.2) is 0 Å². The summed E-state index contributed by atoms with van der Waals surface area (Å²) in [7, 11) is 0. The number of nitro groups is 1. The van der Waals surface area contributed by atoms with Crippen molar-refractivity contribution in [1.29, 1.82) is 0 Å². The van der Waals surface area contributed by atoms with E-state index in [0.29, 0.717) is 23.6 Å². The van der Waals surface area contributed by atoms with Gasteiger partial charge in [-0.25, -0.2) is 4.98 Å². The number of hydrogen-bond donors (Lipinski definition) is 2. The van der Waals surface area contributed by atoms with Gasteiger partial charge in [-0.05, 0) is 0 Å². The highest BCUT2D eigenvalue weighted by Crippen LogP contribution is 2.21. The molecule has 0 atom stereocenters. The highest BCUT2D eigenvalue weighted by atomic mass is 16.6. The average molecular weight is 345 g/mol. The van der Waals surface area contributed by atoms with Crippen LogP contribution in [-0.4, -0.2) is 65.1 Å². The number of morpholine rings is 1. The monoisotopic (exact) mass is 345 g/mol. The van der Waals surface area contributed by atoms with Crippen LogP contribution in [0, 0.1) is 10.1 Å². The van der Waals surface area contributed by atoms with Gasteiger partial charge < -0.3 is 15.0 Å². The third-order valence-corrected chi connectivity index (χ3v) is 3.97. The minimum absolute atomic E-state index is 0.0228. The van der Waals surface area contributed by atoms with Crippen LogP contribution in [0.3, 0.4) is 0 Å². The number of nitrogens with zero attached hydrogens (tertiary/aromatic N) is 3. The summed E-state index contributed by atoms with van der Waals surface area (Å²) in [5.41, 5.74) is 0.857. The third-order valence-electron chi connectivity index (χ3n) is 3.97. The Labute approximate surface area is 144 Å². The number of ether oxygens (including phenoxy) is 1. The minimum Gasteiger partial charge on any atom is -0.379 e. The van der Waals surface area contributed by atoms with Crippen LogP contribution in [-0.2, 0) is 4.74 Å². The molecule has 0 bridgehead atoms. The molecular formula is C16H19N5O4. The molecule has 2 aromatic rings. The number of aromatic amines is 1. The van der Waals surface area contributed by atoms with Gasteiger partial charge in [0.2, 0.25) is 0 Å². The molecule has 1 aliphatic rings. The molecule has 0 aliphatic carbocycles. The van der Waals surface area contributed by atoms with Crippen LogP contribution in [0.2, 0.25) is 0 Å². The molecule has 2 heterocycles. The quantitative estimate of drug-likeness (QED) is 0.597. The van der Waals surface area contributed by atoms with E-state index in [2.05, 4.69) is 20.2 Å². The first-order valence-electron chi connectivity index (χ1n) is 8.01. The fourth-order valence-electron chi connectivity index (χ4n) is 2.60. The number of carbonyl (C=O) groups is 1. The molecule has 0 unspecified atom stereocenters. The SMILES string of the molecule is O=C(NCCN1CCOCC1)c1cnc(-c2cccc([N+](=O)[O-])c2)[nH]1. The number of carbonyl (C=O) groups excluding carboxylic acids is 1. The van der Waals surface area contributed by atoms with E-state index < -0.39 is 4.92 Å². The fraction of sp³-hybridized carbons (Fsp3) is 0.375. The molecule has 1 fully saturated rings. The van der Waals surface area contributed by atoms with E-state index in [0.717, 1.165) is 32.8 Å². The Balaban J connectivity index is 1.57. The van der Waals surface area contributed by atoms with Crippen LogP contribution in [0.5, 0.6) is 0 Å². The van der Waals surface area contributed by atoms with Crippen molar-refractivity contribution in [2.45, 2.75) is 0 Å². The summed E-state index contributed by atoms with van der Waals surface area (Å²) in [6, 6.07) is 6.11. The molecule has 1 aliphatic heterocycles. The lowest BCUT2D eigenvalue weighted by atomic mass is 10.2. The molecule has 1 aromatic carbocycles. The van der Waals surface area contributed by atoms with Gasteiger partial charge in [-0.3, -0.25) is 19.8 Å². The Bertz CT molecular complexity index is 754. The van der Waals surface area contributed by atoms with E-state index in [9.17, 15) is 14.9 Å². The zero-order valence-electron chi connectivity index (χ0n) is 13.6. The molecule has 2 N–H and O–H groups in total. The molecule has 1 amide bonds. The van der Waals surface area contributed by atoms with Crippen molar-refractivity contribution in [3.05, 3.63) is 46.3 Å². The molecule has 132 valence electrons. The van der Waals surface area contributed by atoms with E-state index in [1.807, 2.05) is 0 Å². The lowest BCUT2D eigenvalue weighted by molar-refractivity contribution is -0.384. The number of nitro benzene ring substituents is 1. The van der Waals surface area contributed by atoms with Crippen molar-refractivity contribution < 1.29 is 14.5 Å². The number of aromatic nitrogens is 2. The molecule has 1 saturated heterocycles. The maximum absolute atomic E-state index is 12.2. The number of rotatable bonds is 6. The molecular weight excluding hydrogens is 326 g/mol. The van der Waals surface area contributed by atoms with Crippen molar-refractivity contribution in [3.63, 3.8) is 0 Å². The van der Waals surface area contributed by atoms with Crippen LogP contribution < -0.4 is 5.32 Å². The summed E-state index contributed by atoms with van der Waals surface area (Å²) in [4.78, 5) is 31.8. The zero-order valence-corrected chi connectivity index (χ0v) is 13.6. The number of non-ortho nitro benzene ring substituents is 1. The third kappa shape index (κ3) is 4.40. The smallest absolute Gasteiger partial charge is 0.270 e. The normalized spacial score (nSPS) is 15.0. The maximum Gasteiger partial charge on any atom is 0.270 e. The lowest BCUT2D eigenvalue weighted by Crippen LogP contribution is -2.41. The van der Waals surface area contributed by atoms with Gasteiger partial charge >= 0.3 is 0 Å². The van der Waals surface area contributed by atoms with Gasteiger partial charge in [0.25, 0.3) is 11.6 Å². The first kappa shape index (κ1) is 17.1. The standard InChI is InChI=1S/C16H19N5O4/c22-16(17-4-5-20-6-8-25-9-7-20)14-11-18-15(19-14)12-2-1-3-13(10-12)21(23)24/h1-3,10-11H,4-9H2,(H,17,22)(H,18,19). The van der Waals surface area contributed by atoms with Gasteiger partial charge in [0.05, 0.1) is 24.3 Å². The second kappa shape index (κ2) is 7.86. The highest BCUT2D eigenvalue weighted by Gasteiger charge is 2.14. The van der Waals surface area contributed by atoms with E-state index >= 15 is 0 Å². The van der Waals surface area contributed by atoms with Gasteiger partial charge in [0, 0.05) is 43.9 Å². The fourth-order valence-corrected chi connectivity index (χ4v) is 2.60. The summed E-state index contributed by atoms with van der Waals surface area (Å²) in [5.74, 6) is 0.166. The topological polar surface area (TPSA) is 113 Å². The predicted octanol–water partition coefficient (Wildman–Crippen LogP) is 1.05. The van der Waals surface area contributed by atoms with E-state index in [-0.39, 0.29) is 11.6 Å². The summed E-state index contributed by atoms with van der Waals surface area (Å²) in [6.45, 7) is 4.49. The Hall–Kier alpha value is -2.78. The molecule has 9 heteroatoms. The van der Waals surface area contributed by atoms with E-state index in [4.69, 9.17) is 4.74 Å². The predicted molar refractivity (Wildman–Crippen MR) is 90.3 cm³/mol. The lowest BCUT2D eigenvalue weighted by Gasteiger charge is -2.26. The largest absolute Gasteiger partial charge is 0.379 e. The second-order valence-corrected chi connectivity index (χ2v) is 5.66. The summed E-state index contributed by atoms with van der Waals surface area (Å²) >= 11 is 0. The van der Waals surface area contributed by atoms with Crippen LogP contribution in [0.4, 0.5) is 5.69 Å². The number of nitrogens with one attached hydrogen (secondary N) is 2. The van der Waals surface area contributed by atoms with Crippen LogP contribution >= 0.6 is 0 Å². The first-order valence-corrected chi connectivity index (χ1v) is 8.01. The van der Waals surface area contributed by atoms with Crippen LogP contribution in [0.1, 0.15) is 10.5 Å². The molecule has 1 aromatic heterocycles. The van der Waals surface area contributed by atoms with Gasteiger partial charge in [-0.2, -0.15) is 0 Å². The number of imidazole rings is 1. The Kier molecular flexibility index (Phi) is 5.36. The number of hydrogen-bond acceptors (Lipinski definition) is 6. The highest BCUT2D eigenvalue weighted by molar-refractivity contribution is 5.92. The van der Waals surface area contributed by atoms with E-state index in [1.54, 1.807) is 12.1 Å². The van der Waals surface area contributed by atoms with E-state index in [1.165, 1.54) is 18.3 Å². The summed E-state index contributed by atoms with van der Waals surface area (Å²) < 4.78 is 5.28. The zero-order chi connectivity index (χ0) is 17.6. The van der Waals surface area contributed by atoms with Crippen molar-refractivity contribution in [1.82, 2.24) is 20.2 Å². The molecule has 25 heavy (non-hydrogen) atoms. The van der Waals surface area contributed by atoms with Crippen LogP contribution in [0.15, 0.2) is 30.5 Å².